The maximum absolute atomic E-state index is 4.42. The van der Waals surface area contributed by atoms with Crippen LogP contribution >= 0.6 is 15.9 Å². The topological polar surface area (TPSA) is 24.9 Å². The van der Waals surface area contributed by atoms with Crippen LogP contribution in [0.5, 0.6) is 0 Å². The quantitative estimate of drug-likeness (QED) is 0.739. The van der Waals surface area contributed by atoms with Crippen molar-refractivity contribution in [2.24, 2.45) is 0 Å². The first-order chi connectivity index (χ1) is 9.75. The van der Waals surface area contributed by atoms with Crippen molar-refractivity contribution in [2.75, 3.05) is 5.32 Å². The van der Waals surface area contributed by atoms with Crippen LogP contribution < -0.4 is 5.32 Å². The molecular formula is C17H15BrN2. The fourth-order valence-corrected chi connectivity index (χ4v) is 2.78. The van der Waals surface area contributed by atoms with E-state index in [0.717, 1.165) is 22.4 Å². The molecule has 0 radical (unpaired) electrons. The Morgan fingerprint density at radius 2 is 1.80 bits per heavy atom. The molecule has 3 heteroatoms. The molecule has 20 heavy (non-hydrogen) atoms. The number of pyridine rings is 1. The third-order valence-corrected chi connectivity index (χ3v) is 4.13. The van der Waals surface area contributed by atoms with Crippen LogP contribution in [-0.2, 0) is 6.54 Å². The molecule has 0 fully saturated rings. The summed E-state index contributed by atoms with van der Waals surface area (Å²) in [6.45, 7) is 2.82. The van der Waals surface area contributed by atoms with Crippen molar-refractivity contribution in [3.8, 4) is 0 Å². The maximum atomic E-state index is 4.42. The van der Waals surface area contributed by atoms with Crippen LogP contribution in [0.25, 0.3) is 10.8 Å². The van der Waals surface area contributed by atoms with Gasteiger partial charge in [-0.25, -0.2) is 0 Å². The number of nitrogens with one attached hydrogen (secondary N) is 1. The standard InChI is InChI=1S/C17H15BrN2/c1-12-5-4-10-19-17(12)11-20-16-9-8-15(18)13-6-2-3-7-14(13)16/h2-10,20H,11H2,1H3. The lowest BCUT2D eigenvalue weighted by molar-refractivity contribution is 1.02. The summed E-state index contributed by atoms with van der Waals surface area (Å²) in [5.74, 6) is 0. The summed E-state index contributed by atoms with van der Waals surface area (Å²) in [6, 6.07) is 16.6. The highest BCUT2D eigenvalue weighted by Gasteiger charge is 2.04. The molecule has 2 nitrogen and oxygen atoms in total. The molecule has 0 spiro atoms. The monoisotopic (exact) mass is 326 g/mol. The van der Waals surface area contributed by atoms with Gasteiger partial charge in [-0.3, -0.25) is 4.98 Å². The highest BCUT2D eigenvalue weighted by Crippen LogP contribution is 2.30. The SMILES string of the molecule is Cc1cccnc1CNc1ccc(Br)c2ccccc12. The van der Waals surface area contributed by atoms with E-state index in [0.29, 0.717) is 0 Å². The van der Waals surface area contributed by atoms with Crippen molar-refractivity contribution in [1.29, 1.82) is 0 Å². The van der Waals surface area contributed by atoms with Gasteiger partial charge in [0.1, 0.15) is 0 Å². The summed E-state index contributed by atoms with van der Waals surface area (Å²) < 4.78 is 1.12. The fraction of sp³-hybridized carbons (Fsp3) is 0.118. The molecule has 0 aliphatic carbocycles. The van der Waals surface area contributed by atoms with Gasteiger partial charge in [0.2, 0.25) is 0 Å². The van der Waals surface area contributed by atoms with E-state index in [1.54, 1.807) is 0 Å². The van der Waals surface area contributed by atoms with E-state index < -0.39 is 0 Å². The summed E-state index contributed by atoms with van der Waals surface area (Å²) in [6.07, 6.45) is 1.84. The second kappa shape index (κ2) is 5.63. The van der Waals surface area contributed by atoms with E-state index in [4.69, 9.17) is 0 Å². The molecule has 0 unspecified atom stereocenters. The van der Waals surface area contributed by atoms with Gasteiger partial charge in [-0.2, -0.15) is 0 Å². The Kier molecular flexibility index (Phi) is 3.70. The largest absolute Gasteiger partial charge is 0.379 e. The third-order valence-electron chi connectivity index (χ3n) is 3.44. The van der Waals surface area contributed by atoms with Crippen LogP contribution in [0.15, 0.2) is 59.2 Å². The van der Waals surface area contributed by atoms with E-state index in [2.05, 4.69) is 75.6 Å². The zero-order chi connectivity index (χ0) is 13.9. The maximum Gasteiger partial charge on any atom is 0.0623 e. The van der Waals surface area contributed by atoms with E-state index in [9.17, 15) is 0 Å². The normalized spacial score (nSPS) is 10.7. The highest BCUT2D eigenvalue weighted by atomic mass is 79.9. The molecule has 3 aromatic rings. The van der Waals surface area contributed by atoms with Gasteiger partial charge in [0, 0.05) is 21.7 Å². The Balaban J connectivity index is 1.92. The third kappa shape index (κ3) is 2.54. The average molecular weight is 327 g/mol. The van der Waals surface area contributed by atoms with E-state index in [-0.39, 0.29) is 0 Å². The number of hydrogen-bond donors (Lipinski definition) is 1. The molecule has 2 aromatic carbocycles. The first kappa shape index (κ1) is 13.1. The zero-order valence-electron chi connectivity index (χ0n) is 11.2. The van der Waals surface area contributed by atoms with E-state index >= 15 is 0 Å². The molecule has 100 valence electrons. The van der Waals surface area contributed by atoms with Crippen molar-refractivity contribution in [1.82, 2.24) is 4.98 Å². The molecule has 0 aliphatic heterocycles. The van der Waals surface area contributed by atoms with Crippen molar-refractivity contribution in [2.45, 2.75) is 13.5 Å². The smallest absolute Gasteiger partial charge is 0.0623 e. The highest BCUT2D eigenvalue weighted by molar-refractivity contribution is 9.10. The molecule has 0 saturated carbocycles. The lowest BCUT2D eigenvalue weighted by atomic mass is 10.1. The first-order valence-electron chi connectivity index (χ1n) is 6.57. The molecule has 0 atom stereocenters. The number of benzene rings is 2. The van der Waals surface area contributed by atoms with Crippen molar-refractivity contribution in [3.63, 3.8) is 0 Å². The molecule has 0 saturated heterocycles. The van der Waals surface area contributed by atoms with Gasteiger partial charge in [0.05, 0.1) is 12.2 Å². The van der Waals surface area contributed by atoms with Crippen molar-refractivity contribution in [3.05, 3.63) is 70.5 Å². The number of aromatic nitrogens is 1. The van der Waals surface area contributed by atoms with Crippen molar-refractivity contribution >= 4 is 32.4 Å². The number of anilines is 1. The second-order valence-electron chi connectivity index (χ2n) is 4.76. The Morgan fingerprint density at radius 3 is 2.60 bits per heavy atom. The van der Waals surface area contributed by atoms with Gasteiger partial charge in [0.25, 0.3) is 0 Å². The Hall–Kier alpha value is -1.87. The number of hydrogen-bond acceptors (Lipinski definition) is 2. The van der Waals surface area contributed by atoms with Crippen LogP contribution in [0.3, 0.4) is 0 Å². The molecular weight excluding hydrogens is 312 g/mol. The molecule has 3 rings (SSSR count). The minimum Gasteiger partial charge on any atom is -0.379 e. The number of rotatable bonds is 3. The predicted octanol–water partition coefficient (Wildman–Crippen LogP) is 4.92. The van der Waals surface area contributed by atoms with E-state index in [1.165, 1.54) is 16.3 Å². The zero-order valence-corrected chi connectivity index (χ0v) is 12.8. The number of nitrogens with zero attached hydrogens (tertiary/aromatic N) is 1. The predicted molar refractivity (Wildman–Crippen MR) is 87.9 cm³/mol. The molecule has 0 bridgehead atoms. The molecule has 1 aromatic heterocycles. The Labute approximate surface area is 127 Å². The summed E-state index contributed by atoms with van der Waals surface area (Å²) in [5, 5.41) is 5.92. The van der Waals surface area contributed by atoms with Gasteiger partial charge in [-0.05, 0) is 36.1 Å². The Morgan fingerprint density at radius 1 is 1.00 bits per heavy atom. The molecule has 1 heterocycles. The summed E-state index contributed by atoms with van der Waals surface area (Å²) in [7, 11) is 0. The first-order valence-corrected chi connectivity index (χ1v) is 7.36. The van der Waals surface area contributed by atoms with Crippen LogP contribution in [0.2, 0.25) is 0 Å². The summed E-state index contributed by atoms with van der Waals surface area (Å²) >= 11 is 3.60. The van der Waals surface area contributed by atoms with Crippen molar-refractivity contribution < 1.29 is 0 Å². The van der Waals surface area contributed by atoms with Gasteiger partial charge in [-0.1, -0.05) is 46.3 Å². The number of halogens is 1. The lowest BCUT2D eigenvalue weighted by Crippen LogP contribution is -2.03. The fourth-order valence-electron chi connectivity index (χ4n) is 2.30. The molecule has 0 amide bonds. The molecule has 1 N–H and O–H groups in total. The van der Waals surface area contributed by atoms with Gasteiger partial charge < -0.3 is 5.32 Å². The average Bonchev–Trinajstić information content (AvgIpc) is 2.48. The van der Waals surface area contributed by atoms with Crippen LogP contribution in [0.1, 0.15) is 11.3 Å². The second-order valence-corrected chi connectivity index (χ2v) is 5.62. The Bertz CT molecular complexity index is 753. The van der Waals surface area contributed by atoms with Gasteiger partial charge >= 0.3 is 0 Å². The number of fused-ring (bicyclic) bond motifs is 1. The van der Waals surface area contributed by atoms with E-state index in [1.807, 2.05) is 12.3 Å². The summed E-state index contributed by atoms with van der Waals surface area (Å²) in [4.78, 5) is 4.42. The minimum atomic E-state index is 0.734. The van der Waals surface area contributed by atoms with Gasteiger partial charge in [0.15, 0.2) is 0 Å². The molecule has 0 aliphatic rings. The minimum absolute atomic E-state index is 0.734. The summed E-state index contributed by atoms with van der Waals surface area (Å²) in [5.41, 5.74) is 3.43. The number of aryl methyl sites for hydroxylation is 1. The van der Waals surface area contributed by atoms with Gasteiger partial charge in [-0.15, -0.1) is 0 Å². The van der Waals surface area contributed by atoms with Crippen LogP contribution in [-0.4, -0.2) is 4.98 Å². The van der Waals surface area contributed by atoms with Crippen LogP contribution in [0, 0.1) is 6.92 Å². The lowest BCUT2D eigenvalue weighted by Gasteiger charge is -2.11. The van der Waals surface area contributed by atoms with Crippen LogP contribution in [0.4, 0.5) is 5.69 Å².